The van der Waals surface area contributed by atoms with Crippen LogP contribution in [0.3, 0.4) is 0 Å². The van der Waals surface area contributed by atoms with E-state index in [1.165, 1.54) is 302 Å². The first-order valence-electron chi connectivity index (χ1n) is 38.9. The van der Waals surface area contributed by atoms with E-state index in [1.54, 1.807) is 0 Å². The fourth-order valence-corrected chi connectivity index (χ4v) is 12.7. The Morgan fingerprint density at radius 2 is 0.697 bits per heavy atom. The molecule has 0 bridgehead atoms. The molecule has 9 atom stereocenters. The summed E-state index contributed by atoms with van der Waals surface area (Å²) in [5.41, 5.74) is 0. The maximum Gasteiger partial charge on any atom is 0.249 e. The predicted molar refractivity (Wildman–Crippen MR) is 376 cm³/mol. The minimum Gasteiger partial charge on any atom is -0.394 e. The summed E-state index contributed by atoms with van der Waals surface area (Å²) in [6, 6.07) is -1.19. The largest absolute Gasteiger partial charge is 0.394 e. The van der Waals surface area contributed by atoms with Crippen LogP contribution in [-0.4, -0.2) is 110 Å². The Morgan fingerprint density at radius 3 is 1.03 bits per heavy atom. The summed E-state index contributed by atoms with van der Waals surface area (Å²) < 4.78 is 11.2. The molecule has 1 rings (SSSR count). The van der Waals surface area contributed by atoms with E-state index < -0.39 is 74.2 Å². The van der Waals surface area contributed by atoms with Gasteiger partial charge in [0.25, 0.3) is 0 Å². The average Bonchev–Trinajstić information content (AvgIpc) is 3.68. The van der Waals surface area contributed by atoms with Crippen molar-refractivity contribution in [2.45, 2.75) is 441 Å². The summed E-state index contributed by atoms with van der Waals surface area (Å²) in [4.78, 5) is 13.3. The molecule has 9 unspecified atom stereocenters. The van der Waals surface area contributed by atoms with Crippen molar-refractivity contribution in [3.8, 4) is 0 Å². The summed E-state index contributed by atoms with van der Waals surface area (Å²) in [5, 5.41) is 76.7. The summed E-state index contributed by atoms with van der Waals surface area (Å²) in [6.45, 7) is 3.51. The lowest BCUT2D eigenvalue weighted by Gasteiger charge is -2.40. The van der Waals surface area contributed by atoms with Gasteiger partial charge in [-0.2, -0.15) is 0 Å². The minimum absolute atomic E-state index is 0.256. The fourth-order valence-electron chi connectivity index (χ4n) is 12.7. The molecule has 1 aliphatic rings. The van der Waals surface area contributed by atoms with Crippen molar-refractivity contribution >= 4 is 5.91 Å². The molecule has 1 aliphatic heterocycles. The number of hydrogen-bond acceptors (Lipinski definition) is 10. The number of aliphatic hydroxyl groups is 7. The first kappa shape index (κ1) is 85.3. The number of allylic oxidation sites excluding steroid dienone is 6. The van der Waals surface area contributed by atoms with Gasteiger partial charge in [-0.15, -0.1) is 0 Å². The monoisotopic (exact) mass is 1260 g/mol. The molecule has 0 aromatic carbocycles. The normalized spacial score (nSPS) is 18.7. The maximum absolute atomic E-state index is 13.3. The summed E-state index contributed by atoms with van der Waals surface area (Å²) in [6.07, 6.45) is 75.4. The van der Waals surface area contributed by atoms with E-state index in [2.05, 4.69) is 55.6 Å². The van der Waals surface area contributed by atoms with Crippen molar-refractivity contribution in [1.29, 1.82) is 0 Å². The van der Waals surface area contributed by atoms with Gasteiger partial charge in [0.2, 0.25) is 5.91 Å². The Bertz CT molecular complexity index is 1540. The number of nitrogens with one attached hydrogen (secondary N) is 1. The first-order valence-corrected chi connectivity index (χ1v) is 38.9. The van der Waals surface area contributed by atoms with Crippen molar-refractivity contribution in [1.82, 2.24) is 5.32 Å². The summed E-state index contributed by atoms with van der Waals surface area (Å²) >= 11 is 0. The van der Waals surface area contributed by atoms with Crippen LogP contribution in [0, 0.1) is 0 Å². The lowest BCUT2D eigenvalue weighted by molar-refractivity contribution is -0.303. The van der Waals surface area contributed by atoms with Gasteiger partial charge in [-0.25, -0.2) is 0 Å². The molecule has 1 fully saturated rings. The highest BCUT2D eigenvalue weighted by Gasteiger charge is 2.44. The summed E-state index contributed by atoms with van der Waals surface area (Å²) in [7, 11) is 0. The van der Waals surface area contributed by atoms with Gasteiger partial charge in [-0.1, -0.05) is 352 Å². The Morgan fingerprint density at radius 1 is 0.393 bits per heavy atom. The van der Waals surface area contributed by atoms with Gasteiger partial charge < -0.3 is 50.5 Å². The molecule has 0 radical (unpaired) electrons. The van der Waals surface area contributed by atoms with E-state index >= 15 is 0 Å². The van der Waals surface area contributed by atoms with Crippen molar-refractivity contribution < 1.29 is 50.0 Å². The van der Waals surface area contributed by atoms with Crippen LogP contribution >= 0.6 is 0 Å². The van der Waals surface area contributed by atoms with Gasteiger partial charge in [0.05, 0.1) is 25.4 Å². The van der Waals surface area contributed by atoms with Crippen molar-refractivity contribution in [3.05, 3.63) is 36.5 Å². The second-order valence-corrected chi connectivity index (χ2v) is 27.4. The quantitative estimate of drug-likeness (QED) is 0.0215. The number of unbranched alkanes of at least 4 members (excludes halogenated alkanes) is 51. The highest BCUT2D eigenvalue weighted by atomic mass is 16.7. The average molecular weight is 1260 g/mol. The number of hydrogen-bond donors (Lipinski definition) is 8. The van der Waals surface area contributed by atoms with Crippen LogP contribution in [0.25, 0.3) is 0 Å². The molecule has 0 saturated carbocycles. The number of ether oxygens (including phenoxy) is 2. The molecular weight excluding hydrogens is 1110 g/mol. The first-order chi connectivity index (χ1) is 43.7. The molecule has 1 amide bonds. The zero-order valence-corrected chi connectivity index (χ0v) is 58.4. The molecule has 11 nitrogen and oxygen atoms in total. The molecule has 0 aliphatic carbocycles. The van der Waals surface area contributed by atoms with E-state index in [-0.39, 0.29) is 12.8 Å². The molecule has 89 heavy (non-hydrogen) atoms. The molecule has 11 heteroatoms. The number of aliphatic hydroxyl groups excluding tert-OH is 7. The van der Waals surface area contributed by atoms with Gasteiger partial charge in [0.15, 0.2) is 6.29 Å². The third-order valence-corrected chi connectivity index (χ3v) is 18.9. The van der Waals surface area contributed by atoms with Gasteiger partial charge in [0, 0.05) is 0 Å². The number of amides is 1. The lowest BCUT2D eigenvalue weighted by atomic mass is 9.98. The lowest BCUT2D eigenvalue weighted by Crippen LogP contribution is -2.60. The van der Waals surface area contributed by atoms with E-state index in [0.29, 0.717) is 12.8 Å². The number of rotatable bonds is 69. The second kappa shape index (κ2) is 66.4. The molecule has 8 N–H and O–H groups in total. The van der Waals surface area contributed by atoms with Crippen LogP contribution in [0.5, 0.6) is 0 Å². The molecular formula is C78H149NO10. The van der Waals surface area contributed by atoms with Crippen LogP contribution in [0.15, 0.2) is 36.5 Å². The van der Waals surface area contributed by atoms with Crippen molar-refractivity contribution in [2.75, 3.05) is 13.2 Å². The third-order valence-electron chi connectivity index (χ3n) is 18.9. The zero-order chi connectivity index (χ0) is 64.6. The standard InChI is InChI=1S/C78H149NO10/c1-3-5-7-9-11-13-15-17-19-21-23-25-27-29-31-33-35-36-38-40-42-44-46-48-50-52-54-56-58-60-62-64-66-71(82)77(87)79-69(68-88-78-76(86)75(85)74(84)72(67-80)89-78)73(83)70(81)65-63-61-59-57-55-53-51-49-47-45-43-41-39-37-34-32-30-28-26-24-22-20-18-16-14-12-10-8-6-4-2/h23,25,29,31,57,59,69-76,78,80-86H,3-22,24,26-28,30,32-56,58,60-68H2,1-2H3,(H,79,87)/b25-23-,31-29-,59-57+. The Labute approximate surface area is 549 Å². The molecule has 526 valence electrons. The van der Waals surface area contributed by atoms with E-state index in [1.807, 2.05) is 0 Å². The van der Waals surface area contributed by atoms with Crippen molar-refractivity contribution in [3.63, 3.8) is 0 Å². The van der Waals surface area contributed by atoms with E-state index in [4.69, 9.17) is 9.47 Å². The van der Waals surface area contributed by atoms with E-state index in [0.717, 1.165) is 44.9 Å². The Hall–Kier alpha value is -1.67. The highest BCUT2D eigenvalue weighted by molar-refractivity contribution is 5.80. The van der Waals surface area contributed by atoms with E-state index in [9.17, 15) is 40.5 Å². The van der Waals surface area contributed by atoms with Crippen LogP contribution < -0.4 is 5.32 Å². The predicted octanol–water partition coefficient (Wildman–Crippen LogP) is 19.7. The SMILES string of the molecule is CCCCCCCCCCC/C=C\C/C=C\CCCCCCCCCCCCCCCCCCC(O)C(=O)NC(COC1OC(CO)C(O)C(O)C1O)C(O)C(O)CCC/C=C/CCCCCCCCCCCCCCCCCCCCCCCCCCC. The highest BCUT2D eigenvalue weighted by Crippen LogP contribution is 2.24. The smallest absolute Gasteiger partial charge is 0.249 e. The third kappa shape index (κ3) is 53.3. The van der Waals surface area contributed by atoms with Crippen LogP contribution in [0.4, 0.5) is 0 Å². The van der Waals surface area contributed by atoms with Crippen molar-refractivity contribution in [2.24, 2.45) is 0 Å². The molecule has 1 saturated heterocycles. The topological polar surface area (TPSA) is 189 Å². The van der Waals surface area contributed by atoms with Gasteiger partial charge in [-0.05, 0) is 70.6 Å². The molecule has 0 aromatic heterocycles. The fraction of sp³-hybridized carbons (Fsp3) is 0.910. The molecule has 0 aromatic rings. The number of carbonyl (C=O) groups is 1. The van der Waals surface area contributed by atoms with Gasteiger partial charge in [-0.3, -0.25) is 4.79 Å². The Kier molecular flexibility index (Phi) is 63.6. The molecule has 0 spiro atoms. The van der Waals surface area contributed by atoms with Crippen LogP contribution in [0.1, 0.15) is 386 Å². The molecule has 1 heterocycles. The minimum atomic E-state index is -1.67. The van der Waals surface area contributed by atoms with Crippen LogP contribution in [-0.2, 0) is 14.3 Å². The van der Waals surface area contributed by atoms with Crippen LogP contribution in [0.2, 0.25) is 0 Å². The second-order valence-electron chi connectivity index (χ2n) is 27.4. The number of carbonyl (C=O) groups excluding carboxylic acids is 1. The van der Waals surface area contributed by atoms with Gasteiger partial charge in [0.1, 0.15) is 36.6 Å². The summed E-state index contributed by atoms with van der Waals surface area (Å²) in [5.74, 6) is -0.700. The van der Waals surface area contributed by atoms with Gasteiger partial charge >= 0.3 is 0 Å². The zero-order valence-electron chi connectivity index (χ0n) is 58.4. The maximum atomic E-state index is 13.3. The Balaban J connectivity index is 2.16.